The predicted octanol–water partition coefficient (Wildman–Crippen LogP) is 3.31. The lowest BCUT2D eigenvalue weighted by Gasteiger charge is -2.27. The van der Waals surface area contributed by atoms with Crippen LogP contribution in [0.3, 0.4) is 0 Å². The molecule has 0 saturated heterocycles. The molecule has 0 aromatic carbocycles. The van der Waals surface area contributed by atoms with Crippen LogP contribution in [0.1, 0.15) is 39.3 Å². The van der Waals surface area contributed by atoms with Crippen molar-refractivity contribution in [1.29, 1.82) is 0 Å². The Kier molecular flexibility index (Phi) is 4.30. The predicted molar refractivity (Wildman–Crippen MR) is 80.3 cm³/mol. The van der Waals surface area contributed by atoms with E-state index in [2.05, 4.69) is 48.7 Å². The van der Waals surface area contributed by atoms with Crippen LogP contribution in [0, 0.1) is 0 Å². The first-order valence-corrected chi connectivity index (χ1v) is 7.25. The molecule has 104 valence electrons. The summed E-state index contributed by atoms with van der Waals surface area (Å²) < 4.78 is 1.90. The molecule has 4 nitrogen and oxygen atoms in total. The van der Waals surface area contributed by atoms with Gasteiger partial charge in [-0.2, -0.15) is 5.10 Å². The normalized spacial score (nSPS) is 11.7. The van der Waals surface area contributed by atoms with E-state index < -0.39 is 0 Å². The van der Waals surface area contributed by atoms with Gasteiger partial charge in [0.2, 0.25) is 0 Å². The average Bonchev–Trinajstić information content (AvgIpc) is 2.79. The number of hydrogen-bond donors (Lipinski definition) is 0. The van der Waals surface area contributed by atoms with Crippen molar-refractivity contribution in [3.05, 3.63) is 24.2 Å². The van der Waals surface area contributed by atoms with Crippen LogP contribution in [-0.2, 0) is 0 Å². The van der Waals surface area contributed by atoms with Gasteiger partial charge in [-0.3, -0.25) is 0 Å². The highest BCUT2D eigenvalue weighted by Gasteiger charge is 2.17. The lowest BCUT2D eigenvalue weighted by Crippen LogP contribution is -2.33. The van der Waals surface area contributed by atoms with Gasteiger partial charge in [0, 0.05) is 30.9 Å². The Bertz CT molecular complexity index is 547. The van der Waals surface area contributed by atoms with E-state index in [9.17, 15) is 0 Å². The molecule has 0 unspecified atom stereocenters. The number of aromatic nitrogens is 3. The first-order valence-electron chi connectivity index (χ1n) is 6.71. The zero-order chi connectivity index (χ0) is 14.0. The molecule has 0 spiro atoms. The molecule has 0 atom stereocenters. The number of rotatable bonds is 5. The Balaban J connectivity index is 2.52. The van der Waals surface area contributed by atoms with Crippen molar-refractivity contribution in [2.45, 2.75) is 39.7 Å². The maximum Gasteiger partial charge on any atom is 0.154 e. The highest BCUT2D eigenvalue weighted by molar-refractivity contribution is 6.18. The Hall–Kier alpha value is -1.29. The first kappa shape index (κ1) is 14.1. The molecule has 0 bridgehead atoms. The molecule has 5 heteroatoms. The van der Waals surface area contributed by atoms with Gasteiger partial charge in [-0.25, -0.2) is 9.50 Å². The summed E-state index contributed by atoms with van der Waals surface area (Å²) >= 11 is 5.91. The van der Waals surface area contributed by atoms with Crippen molar-refractivity contribution < 1.29 is 0 Å². The topological polar surface area (TPSA) is 33.4 Å². The number of anilines is 1. The summed E-state index contributed by atoms with van der Waals surface area (Å²) in [7, 11) is 0. The van der Waals surface area contributed by atoms with Crippen molar-refractivity contribution in [2.75, 3.05) is 17.3 Å². The number of alkyl halides is 1. The van der Waals surface area contributed by atoms with Crippen molar-refractivity contribution in [3.8, 4) is 0 Å². The van der Waals surface area contributed by atoms with E-state index in [0.29, 0.717) is 17.8 Å². The fourth-order valence-corrected chi connectivity index (χ4v) is 2.31. The van der Waals surface area contributed by atoms with Crippen molar-refractivity contribution in [3.63, 3.8) is 0 Å². The van der Waals surface area contributed by atoms with Gasteiger partial charge >= 0.3 is 0 Å². The molecule has 2 heterocycles. The smallest absolute Gasteiger partial charge is 0.154 e. The Morgan fingerprint density at radius 3 is 2.63 bits per heavy atom. The third-order valence-electron chi connectivity index (χ3n) is 3.20. The maximum absolute atomic E-state index is 5.91. The molecule has 0 aliphatic carbocycles. The zero-order valence-corrected chi connectivity index (χ0v) is 12.7. The molecule has 0 saturated carbocycles. The molecule has 0 aliphatic rings. The minimum Gasteiger partial charge on any atom is -0.351 e. The molecule has 0 fully saturated rings. The molecule has 2 aromatic rings. The molecule has 0 N–H and O–H groups in total. The first-order chi connectivity index (χ1) is 9.04. The number of halogens is 1. The lowest BCUT2D eigenvalue weighted by molar-refractivity contribution is 0.694. The van der Waals surface area contributed by atoms with Crippen LogP contribution in [0.25, 0.3) is 5.52 Å². The summed E-state index contributed by atoms with van der Waals surface area (Å²) in [6.07, 6.45) is 3.69. The molecular weight excluding hydrogens is 260 g/mol. The van der Waals surface area contributed by atoms with Gasteiger partial charge in [-0.05, 0) is 25.8 Å². The van der Waals surface area contributed by atoms with E-state index in [-0.39, 0.29) is 0 Å². The van der Waals surface area contributed by atoms with Crippen LogP contribution in [0.15, 0.2) is 18.5 Å². The van der Waals surface area contributed by atoms with Crippen molar-refractivity contribution in [2.24, 2.45) is 0 Å². The molecule has 0 aliphatic heterocycles. The number of hydrogen-bond acceptors (Lipinski definition) is 3. The fourth-order valence-electron chi connectivity index (χ4n) is 2.13. The summed E-state index contributed by atoms with van der Waals surface area (Å²) in [5.74, 6) is 1.96. The van der Waals surface area contributed by atoms with Gasteiger partial charge in [0.25, 0.3) is 0 Å². The van der Waals surface area contributed by atoms with E-state index in [0.717, 1.165) is 23.6 Å². The third kappa shape index (κ3) is 2.84. The standard InChI is InChI=1S/C14H21ClN4/c1-10(2)12-9-13-14(16-6-8-19(13)17-12)18(7-5-15)11(3)4/h6,8-11H,5,7H2,1-4H3. The van der Waals surface area contributed by atoms with Crippen LogP contribution < -0.4 is 4.90 Å². The van der Waals surface area contributed by atoms with Gasteiger partial charge < -0.3 is 4.90 Å². The summed E-state index contributed by atoms with van der Waals surface area (Å²) in [6, 6.07) is 2.48. The van der Waals surface area contributed by atoms with E-state index in [1.54, 1.807) is 6.20 Å². The second-order valence-corrected chi connectivity index (χ2v) is 5.66. The molecule has 0 radical (unpaired) electrons. The molecule has 19 heavy (non-hydrogen) atoms. The number of nitrogens with zero attached hydrogens (tertiary/aromatic N) is 4. The van der Waals surface area contributed by atoms with Crippen LogP contribution in [-0.4, -0.2) is 33.1 Å². The van der Waals surface area contributed by atoms with Gasteiger partial charge in [0.1, 0.15) is 5.52 Å². The number of fused-ring (bicyclic) bond motifs is 1. The molecule has 2 aromatic heterocycles. The van der Waals surface area contributed by atoms with E-state index >= 15 is 0 Å². The van der Waals surface area contributed by atoms with Crippen molar-refractivity contribution >= 4 is 22.9 Å². The van der Waals surface area contributed by atoms with Crippen molar-refractivity contribution in [1.82, 2.24) is 14.6 Å². The molecule has 2 rings (SSSR count). The monoisotopic (exact) mass is 280 g/mol. The average molecular weight is 281 g/mol. The third-order valence-corrected chi connectivity index (χ3v) is 3.37. The largest absolute Gasteiger partial charge is 0.351 e. The van der Waals surface area contributed by atoms with E-state index in [4.69, 9.17) is 11.6 Å². The van der Waals surface area contributed by atoms with E-state index in [1.807, 2.05) is 10.7 Å². The van der Waals surface area contributed by atoms with Gasteiger partial charge in [-0.1, -0.05) is 13.8 Å². The Labute approximate surface area is 119 Å². The highest BCUT2D eigenvalue weighted by atomic mass is 35.5. The SMILES string of the molecule is CC(C)c1cc2c(N(CCCl)C(C)C)nccn2n1. The Morgan fingerprint density at radius 2 is 2.05 bits per heavy atom. The second kappa shape index (κ2) is 5.78. The van der Waals surface area contributed by atoms with Gasteiger partial charge in [0.05, 0.1) is 5.69 Å². The summed E-state index contributed by atoms with van der Waals surface area (Å²) in [5.41, 5.74) is 2.13. The lowest BCUT2D eigenvalue weighted by atomic mass is 10.1. The fraction of sp³-hybridized carbons (Fsp3) is 0.571. The molecule has 0 amide bonds. The van der Waals surface area contributed by atoms with Crippen LogP contribution in [0.2, 0.25) is 0 Å². The van der Waals surface area contributed by atoms with Gasteiger partial charge in [0.15, 0.2) is 5.82 Å². The second-order valence-electron chi connectivity index (χ2n) is 5.28. The molecular formula is C14H21ClN4. The van der Waals surface area contributed by atoms with Crippen LogP contribution >= 0.6 is 11.6 Å². The Morgan fingerprint density at radius 1 is 1.32 bits per heavy atom. The maximum atomic E-state index is 5.91. The zero-order valence-electron chi connectivity index (χ0n) is 12.0. The highest BCUT2D eigenvalue weighted by Crippen LogP contribution is 2.24. The summed E-state index contributed by atoms with van der Waals surface area (Å²) in [5, 5.41) is 4.59. The van der Waals surface area contributed by atoms with Crippen LogP contribution in [0.5, 0.6) is 0 Å². The van der Waals surface area contributed by atoms with Gasteiger partial charge in [-0.15, -0.1) is 11.6 Å². The van der Waals surface area contributed by atoms with Crippen LogP contribution in [0.4, 0.5) is 5.82 Å². The summed E-state index contributed by atoms with van der Waals surface area (Å²) in [4.78, 5) is 6.74. The summed E-state index contributed by atoms with van der Waals surface area (Å²) in [6.45, 7) is 9.38. The quantitative estimate of drug-likeness (QED) is 0.788. The van der Waals surface area contributed by atoms with E-state index in [1.165, 1.54) is 0 Å². The minimum absolute atomic E-state index is 0.356. The minimum atomic E-state index is 0.356.